The van der Waals surface area contributed by atoms with Crippen LogP contribution in [0.2, 0.25) is 0 Å². The van der Waals surface area contributed by atoms with E-state index >= 15 is 0 Å². The molecule has 3 aromatic rings. The van der Waals surface area contributed by atoms with E-state index < -0.39 is 17.8 Å². The molecule has 0 saturated heterocycles. The highest BCUT2D eigenvalue weighted by Gasteiger charge is 2.17. The van der Waals surface area contributed by atoms with Gasteiger partial charge < -0.3 is 29.0 Å². The van der Waals surface area contributed by atoms with Crippen molar-refractivity contribution in [1.82, 2.24) is 10.7 Å². The summed E-state index contributed by atoms with van der Waals surface area (Å²) in [7, 11) is 4.32. The number of halogens is 1. The summed E-state index contributed by atoms with van der Waals surface area (Å²) in [6.45, 7) is 2.03. The molecule has 0 aliphatic rings. The molecule has 2 N–H and O–H groups in total. The predicted octanol–water partition coefficient (Wildman–Crippen LogP) is 3.97. The van der Waals surface area contributed by atoms with Crippen molar-refractivity contribution < 1.29 is 38.1 Å². The van der Waals surface area contributed by atoms with E-state index in [0.29, 0.717) is 45.2 Å². The number of methoxy groups -OCH3 is 3. The fraction of sp³-hybridized carbons (Fsp3) is 0.214. The highest BCUT2D eigenvalue weighted by Crippen LogP contribution is 2.38. The zero-order valence-corrected chi connectivity index (χ0v) is 23.9. The minimum atomic E-state index is -0.583. The third kappa shape index (κ3) is 7.96. The van der Waals surface area contributed by atoms with Crippen LogP contribution in [0.25, 0.3) is 0 Å². The second-order valence-corrected chi connectivity index (χ2v) is 8.83. The number of carbonyl (C=O) groups excluding carboxylic acids is 3. The van der Waals surface area contributed by atoms with Crippen molar-refractivity contribution in [3.63, 3.8) is 0 Å². The normalized spacial score (nSPS) is 10.5. The van der Waals surface area contributed by atoms with Crippen molar-refractivity contribution in [3.05, 3.63) is 75.8 Å². The van der Waals surface area contributed by atoms with Crippen LogP contribution in [0.15, 0.2) is 64.2 Å². The Kier molecular flexibility index (Phi) is 10.9. The first-order chi connectivity index (χ1) is 19.3. The van der Waals surface area contributed by atoms with Gasteiger partial charge in [0.25, 0.3) is 11.8 Å². The Balaban J connectivity index is 1.61. The number of rotatable bonds is 12. The predicted molar refractivity (Wildman–Crippen MR) is 151 cm³/mol. The van der Waals surface area contributed by atoms with Gasteiger partial charge in [-0.15, -0.1) is 0 Å². The number of carbonyl (C=O) groups is 3. The molecule has 40 heavy (non-hydrogen) atoms. The number of nitrogens with zero attached hydrogens (tertiary/aromatic N) is 1. The molecule has 0 spiro atoms. The fourth-order valence-corrected chi connectivity index (χ4v) is 3.79. The maximum Gasteiger partial charge on any atom is 0.343 e. The SMILES string of the molecule is CCOc1ccc(C(=O)Oc2ccc(Br)cc2/C=N/NC(=O)CNC(=O)c2cc(OC)c(OC)c(OC)c2)cc1. The molecule has 11 nitrogen and oxygen atoms in total. The molecule has 0 radical (unpaired) electrons. The van der Waals surface area contributed by atoms with Crippen LogP contribution in [0.3, 0.4) is 0 Å². The van der Waals surface area contributed by atoms with Gasteiger partial charge >= 0.3 is 5.97 Å². The Labute approximate surface area is 239 Å². The molecule has 0 aliphatic carbocycles. The molecule has 12 heteroatoms. The minimum Gasteiger partial charge on any atom is -0.494 e. The highest BCUT2D eigenvalue weighted by atomic mass is 79.9. The van der Waals surface area contributed by atoms with Crippen molar-refractivity contribution in [2.24, 2.45) is 5.10 Å². The molecule has 3 rings (SSSR count). The number of hydrazone groups is 1. The maximum atomic E-state index is 12.6. The zero-order chi connectivity index (χ0) is 29.1. The molecule has 0 bridgehead atoms. The monoisotopic (exact) mass is 613 g/mol. The van der Waals surface area contributed by atoms with Gasteiger partial charge in [0.15, 0.2) is 11.5 Å². The van der Waals surface area contributed by atoms with Gasteiger partial charge in [-0.25, -0.2) is 10.2 Å². The van der Waals surface area contributed by atoms with Gasteiger partial charge in [-0.05, 0) is 61.5 Å². The van der Waals surface area contributed by atoms with Crippen molar-refractivity contribution in [3.8, 4) is 28.7 Å². The Hall–Kier alpha value is -4.58. The third-order valence-electron chi connectivity index (χ3n) is 5.30. The Bertz CT molecular complexity index is 1370. The Morgan fingerprint density at radius 3 is 2.15 bits per heavy atom. The molecule has 0 heterocycles. The molecule has 0 fully saturated rings. The largest absolute Gasteiger partial charge is 0.494 e. The van der Waals surface area contributed by atoms with Crippen LogP contribution in [0.1, 0.15) is 33.2 Å². The molecule has 0 saturated carbocycles. The Morgan fingerprint density at radius 1 is 0.875 bits per heavy atom. The molecule has 0 aromatic heterocycles. The summed E-state index contributed by atoms with van der Waals surface area (Å²) in [6, 6.07) is 14.5. The van der Waals surface area contributed by atoms with Gasteiger partial charge in [0.2, 0.25) is 5.75 Å². The van der Waals surface area contributed by atoms with Crippen LogP contribution in [-0.4, -0.2) is 58.5 Å². The average Bonchev–Trinajstić information content (AvgIpc) is 2.96. The zero-order valence-electron chi connectivity index (χ0n) is 22.3. The quantitative estimate of drug-likeness (QED) is 0.136. The molecule has 210 valence electrons. The average molecular weight is 614 g/mol. The van der Waals surface area contributed by atoms with Gasteiger partial charge in [-0.3, -0.25) is 9.59 Å². The first kappa shape index (κ1) is 30.0. The van der Waals surface area contributed by atoms with Crippen LogP contribution in [0, 0.1) is 0 Å². The second-order valence-electron chi connectivity index (χ2n) is 7.92. The van der Waals surface area contributed by atoms with Crippen molar-refractivity contribution >= 4 is 39.9 Å². The third-order valence-corrected chi connectivity index (χ3v) is 5.80. The summed E-state index contributed by atoms with van der Waals surface area (Å²) in [5.41, 5.74) is 3.30. The number of ether oxygens (including phenoxy) is 5. The van der Waals surface area contributed by atoms with Crippen LogP contribution in [-0.2, 0) is 4.79 Å². The second kappa shape index (κ2) is 14.5. The lowest BCUT2D eigenvalue weighted by atomic mass is 10.1. The first-order valence-electron chi connectivity index (χ1n) is 11.9. The van der Waals surface area contributed by atoms with Crippen molar-refractivity contribution in [2.75, 3.05) is 34.5 Å². The van der Waals surface area contributed by atoms with E-state index in [0.717, 1.165) is 0 Å². The molecule has 3 aromatic carbocycles. The number of hydrogen-bond donors (Lipinski definition) is 2. The lowest BCUT2D eigenvalue weighted by Crippen LogP contribution is -2.35. The van der Waals surface area contributed by atoms with Gasteiger partial charge in [0.1, 0.15) is 11.5 Å². The van der Waals surface area contributed by atoms with E-state index in [1.807, 2.05) is 6.92 Å². The Morgan fingerprint density at radius 2 is 1.55 bits per heavy atom. The van der Waals surface area contributed by atoms with Gasteiger partial charge in [0.05, 0.1) is 46.3 Å². The van der Waals surface area contributed by atoms with E-state index in [4.69, 9.17) is 23.7 Å². The van der Waals surface area contributed by atoms with E-state index in [2.05, 4.69) is 31.8 Å². The molecule has 0 aliphatic heterocycles. The number of hydrogen-bond acceptors (Lipinski definition) is 9. The standard InChI is InChI=1S/C28H28BrN3O8/c1-5-39-21-9-6-17(7-10-21)28(35)40-22-11-8-20(29)12-19(22)15-31-32-25(33)16-30-27(34)18-13-23(36-2)26(38-4)24(14-18)37-3/h6-15H,5,16H2,1-4H3,(H,30,34)(H,32,33)/b31-15+. The minimum absolute atomic E-state index is 0.207. The van der Waals surface area contributed by atoms with Crippen LogP contribution in [0.4, 0.5) is 0 Å². The van der Waals surface area contributed by atoms with Crippen LogP contribution < -0.4 is 34.4 Å². The summed E-state index contributed by atoms with van der Waals surface area (Å²) in [5, 5.41) is 6.42. The number of nitrogens with one attached hydrogen (secondary N) is 2. The number of esters is 1. The summed E-state index contributed by atoms with van der Waals surface area (Å²) >= 11 is 3.37. The smallest absolute Gasteiger partial charge is 0.343 e. The summed E-state index contributed by atoms with van der Waals surface area (Å²) in [5.74, 6) is 0.128. The molecular weight excluding hydrogens is 586 g/mol. The maximum absolute atomic E-state index is 12.6. The summed E-state index contributed by atoms with van der Waals surface area (Å²) < 4.78 is 27.4. The lowest BCUT2D eigenvalue weighted by Gasteiger charge is -2.14. The van der Waals surface area contributed by atoms with E-state index in [1.165, 1.54) is 39.7 Å². The van der Waals surface area contributed by atoms with Gasteiger partial charge in [-0.2, -0.15) is 5.10 Å². The van der Waals surface area contributed by atoms with Crippen LogP contribution >= 0.6 is 15.9 Å². The van der Waals surface area contributed by atoms with E-state index in [1.54, 1.807) is 42.5 Å². The van der Waals surface area contributed by atoms with E-state index in [-0.39, 0.29) is 17.9 Å². The first-order valence-corrected chi connectivity index (χ1v) is 12.7. The lowest BCUT2D eigenvalue weighted by molar-refractivity contribution is -0.120. The van der Waals surface area contributed by atoms with Crippen LogP contribution in [0.5, 0.6) is 28.7 Å². The fourth-order valence-electron chi connectivity index (χ4n) is 3.41. The molecular formula is C28H28BrN3O8. The number of amides is 2. The van der Waals surface area contributed by atoms with Gasteiger partial charge in [0, 0.05) is 15.6 Å². The topological polar surface area (TPSA) is 134 Å². The van der Waals surface area contributed by atoms with Gasteiger partial charge in [-0.1, -0.05) is 15.9 Å². The molecule has 0 atom stereocenters. The van der Waals surface area contributed by atoms with Crippen molar-refractivity contribution in [2.45, 2.75) is 6.92 Å². The van der Waals surface area contributed by atoms with Crippen molar-refractivity contribution in [1.29, 1.82) is 0 Å². The number of benzene rings is 3. The highest BCUT2D eigenvalue weighted by molar-refractivity contribution is 9.10. The summed E-state index contributed by atoms with van der Waals surface area (Å²) in [6.07, 6.45) is 1.32. The van der Waals surface area contributed by atoms with E-state index in [9.17, 15) is 14.4 Å². The molecule has 2 amide bonds. The summed E-state index contributed by atoms with van der Waals surface area (Å²) in [4.78, 5) is 37.5. The molecule has 0 unspecified atom stereocenters.